The molecular weight excluding hydrogens is 186 g/mol. The molecule has 0 spiro atoms. The lowest BCUT2D eigenvalue weighted by atomic mass is 10.2. The Morgan fingerprint density at radius 2 is 2.07 bits per heavy atom. The summed E-state index contributed by atoms with van der Waals surface area (Å²) in [4.78, 5) is 24.5. The number of hydrogen-bond acceptors (Lipinski definition) is 3. The normalized spacial score (nSPS) is 10.3. The molecule has 2 N–H and O–H groups in total. The van der Waals surface area contributed by atoms with E-state index in [1.165, 1.54) is 24.4 Å². The van der Waals surface area contributed by atoms with Crippen molar-refractivity contribution in [3.63, 3.8) is 0 Å². The molecule has 14 heavy (non-hydrogen) atoms. The fourth-order valence-corrected chi connectivity index (χ4v) is 0.829. The molecule has 0 aliphatic carbocycles. The Bertz CT molecular complexity index is 398. The SMILES string of the molecule is O=C(O)C=Cc1cc(C(=O)O)ccn1. The highest BCUT2D eigenvalue weighted by atomic mass is 16.4. The number of pyridine rings is 1. The highest BCUT2D eigenvalue weighted by molar-refractivity contribution is 5.89. The van der Waals surface area contributed by atoms with Crippen LogP contribution in [0.2, 0.25) is 0 Å². The zero-order chi connectivity index (χ0) is 10.6. The van der Waals surface area contributed by atoms with E-state index in [0.717, 1.165) is 6.08 Å². The number of carbonyl (C=O) groups is 2. The average Bonchev–Trinajstić information content (AvgIpc) is 2.15. The lowest BCUT2D eigenvalue weighted by Crippen LogP contribution is -1.97. The van der Waals surface area contributed by atoms with Crippen LogP contribution in [0.4, 0.5) is 0 Å². The van der Waals surface area contributed by atoms with Crippen LogP contribution in [0.5, 0.6) is 0 Å². The van der Waals surface area contributed by atoms with E-state index >= 15 is 0 Å². The predicted molar refractivity (Wildman–Crippen MR) is 47.9 cm³/mol. The molecule has 5 nitrogen and oxygen atoms in total. The summed E-state index contributed by atoms with van der Waals surface area (Å²) in [6.45, 7) is 0. The smallest absolute Gasteiger partial charge is 0.335 e. The van der Waals surface area contributed by atoms with Crippen molar-refractivity contribution < 1.29 is 19.8 Å². The van der Waals surface area contributed by atoms with Crippen LogP contribution in [0.1, 0.15) is 16.1 Å². The molecule has 1 rings (SSSR count). The summed E-state index contributed by atoms with van der Waals surface area (Å²) in [6.07, 6.45) is 3.44. The fraction of sp³-hybridized carbons (Fsp3) is 0. The van der Waals surface area contributed by atoms with Gasteiger partial charge < -0.3 is 10.2 Å². The Morgan fingerprint density at radius 3 is 2.64 bits per heavy atom. The van der Waals surface area contributed by atoms with Crippen molar-refractivity contribution in [3.8, 4) is 0 Å². The molecule has 5 heteroatoms. The van der Waals surface area contributed by atoms with E-state index in [1.807, 2.05) is 0 Å². The van der Waals surface area contributed by atoms with Crippen molar-refractivity contribution in [1.82, 2.24) is 4.98 Å². The zero-order valence-corrected chi connectivity index (χ0v) is 7.04. The van der Waals surface area contributed by atoms with Gasteiger partial charge in [-0.05, 0) is 18.2 Å². The van der Waals surface area contributed by atoms with Crippen LogP contribution in [0.15, 0.2) is 24.4 Å². The molecule has 0 fully saturated rings. The number of aromatic nitrogens is 1. The van der Waals surface area contributed by atoms with Crippen LogP contribution in [-0.4, -0.2) is 27.1 Å². The predicted octanol–water partition coefficient (Wildman–Crippen LogP) is 0.878. The van der Waals surface area contributed by atoms with Gasteiger partial charge in [0.2, 0.25) is 0 Å². The van der Waals surface area contributed by atoms with Crippen molar-refractivity contribution in [2.45, 2.75) is 0 Å². The minimum atomic E-state index is -1.10. The van der Waals surface area contributed by atoms with Gasteiger partial charge in [-0.3, -0.25) is 4.98 Å². The largest absolute Gasteiger partial charge is 0.478 e. The van der Waals surface area contributed by atoms with Crippen molar-refractivity contribution in [2.24, 2.45) is 0 Å². The molecule has 0 aliphatic heterocycles. The molecule has 0 saturated heterocycles. The van der Waals surface area contributed by atoms with E-state index in [0.29, 0.717) is 5.69 Å². The number of rotatable bonds is 3. The summed E-state index contributed by atoms with van der Waals surface area (Å²) in [5.41, 5.74) is 0.373. The summed E-state index contributed by atoms with van der Waals surface area (Å²) in [5, 5.41) is 16.9. The number of aliphatic carboxylic acids is 1. The molecule has 0 atom stereocenters. The second kappa shape index (κ2) is 4.18. The summed E-state index contributed by atoms with van der Waals surface area (Å²) < 4.78 is 0. The maximum absolute atomic E-state index is 10.5. The second-order valence-corrected chi connectivity index (χ2v) is 2.45. The lowest BCUT2D eigenvalue weighted by Gasteiger charge is -1.94. The van der Waals surface area contributed by atoms with E-state index in [4.69, 9.17) is 10.2 Å². The van der Waals surface area contributed by atoms with Crippen LogP contribution in [-0.2, 0) is 4.79 Å². The number of aromatic carboxylic acids is 1. The van der Waals surface area contributed by atoms with Crippen molar-refractivity contribution in [3.05, 3.63) is 35.7 Å². The van der Waals surface area contributed by atoms with Crippen molar-refractivity contribution in [1.29, 1.82) is 0 Å². The van der Waals surface area contributed by atoms with Gasteiger partial charge in [0.1, 0.15) is 0 Å². The minimum absolute atomic E-state index is 0.0741. The van der Waals surface area contributed by atoms with Gasteiger partial charge in [-0.25, -0.2) is 9.59 Å². The van der Waals surface area contributed by atoms with Crippen LogP contribution in [0.3, 0.4) is 0 Å². The maximum Gasteiger partial charge on any atom is 0.335 e. The zero-order valence-electron chi connectivity index (χ0n) is 7.04. The van der Waals surface area contributed by atoms with E-state index in [9.17, 15) is 9.59 Å². The van der Waals surface area contributed by atoms with Gasteiger partial charge in [0, 0.05) is 12.3 Å². The first-order chi connectivity index (χ1) is 6.59. The number of carboxylic acid groups (broad SMARTS) is 2. The molecule has 0 aromatic carbocycles. The molecular formula is C9H7NO4. The Morgan fingerprint density at radius 1 is 1.36 bits per heavy atom. The third-order valence-electron chi connectivity index (χ3n) is 1.42. The second-order valence-electron chi connectivity index (χ2n) is 2.45. The summed E-state index contributed by atoms with van der Waals surface area (Å²) in [6, 6.07) is 2.63. The quantitative estimate of drug-likeness (QED) is 0.695. The molecule has 0 radical (unpaired) electrons. The molecule has 0 unspecified atom stereocenters. The number of nitrogens with zero attached hydrogens (tertiary/aromatic N) is 1. The maximum atomic E-state index is 10.5. The lowest BCUT2D eigenvalue weighted by molar-refractivity contribution is -0.131. The van der Waals surface area contributed by atoms with Gasteiger partial charge in [0.05, 0.1) is 11.3 Å². The molecule has 0 bridgehead atoms. The first-order valence-electron chi connectivity index (χ1n) is 3.70. The Balaban J connectivity index is 2.94. The third kappa shape index (κ3) is 2.71. The van der Waals surface area contributed by atoms with Crippen LogP contribution < -0.4 is 0 Å². The van der Waals surface area contributed by atoms with E-state index in [-0.39, 0.29) is 5.56 Å². The van der Waals surface area contributed by atoms with Crippen LogP contribution in [0, 0.1) is 0 Å². The summed E-state index contributed by atoms with van der Waals surface area (Å²) >= 11 is 0. The molecule has 1 heterocycles. The van der Waals surface area contributed by atoms with Gasteiger partial charge >= 0.3 is 11.9 Å². The molecule has 0 saturated carbocycles. The van der Waals surface area contributed by atoms with Gasteiger partial charge in [0.25, 0.3) is 0 Å². The summed E-state index contributed by atoms with van der Waals surface area (Å²) in [7, 11) is 0. The number of carboxylic acids is 2. The molecule has 1 aromatic heterocycles. The van der Waals surface area contributed by atoms with Gasteiger partial charge in [-0.1, -0.05) is 0 Å². The van der Waals surface area contributed by atoms with Crippen LogP contribution in [0.25, 0.3) is 6.08 Å². The third-order valence-corrected chi connectivity index (χ3v) is 1.42. The number of hydrogen-bond donors (Lipinski definition) is 2. The monoisotopic (exact) mass is 193 g/mol. The van der Waals surface area contributed by atoms with Crippen molar-refractivity contribution >= 4 is 18.0 Å². The fourth-order valence-electron chi connectivity index (χ4n) is 0.829. The molecule has 0 aliphatic rings. The first-order valence-corrected chi connectivity index (χ1v) is 3.70. The Hall–Kier alpha value is -2.17. The summed E-state index contributed by atoms with van der Waals surface area (Å²) in [5.74, 6) is -2.18. The standard InChI is InChI=1S/C9H7NO4/c11-8(12)2-1-7-5-6(9(13)14)3-4-10-7/h1-5H,(H,11,12)(H,13,14). The molecule has 72 valence electrons. The van der Waals surface area contributed by atoms with Crippen molar-refractivity contribution in [2.75, 3.05) is 0 Å². The first kappa shape index (κ1) is 9.91. The molecule has 1 aromatic rings. The highest BCUT2D eigenvalue weighted by Gasteiger charge is 2.02. The van der Waals surface area contributed by atoms with E-state index < -0.39 is 11.9 Å². The van der Waals surface area contributed by atoms with Gasteiger partial charge in [0.15, 0.2) is 0 Å². The van der Waals surface area contributed by atoms with Crippen LogP contribution >= 0.6 is 0 Å². The van der Waals surface area contributed by atoms with Gasteiger partial charge in [-0.15, -0.1) is 0 Å². The minimum Gasteiger partial charge on any atom is -0.478 e. The van der Waals surface area contributed by atoms with E-state index in [2.05, 4.69) is 4.98 Å². The topological polar surface area (TPSA) is 87.5 Å². The molecule has 0 amide bonds. The Kier molecular flexibility index (Phi) is 2.96. The Labute approximate surface area is 79.3 Å². The highest BCUT2D eigenvalue weighted by Crippen LogP contribution is 2.03. The average molecular weight is 193 g/mol. The van der Waals surface area contributed by atoms with E-state index in [1.54, 1.807) is 0 Å². The van der Waals surface area contributed by atoms with Gasteiger partial charge in [-0.2, -0.15) is 0 Å².